The lowest BCUT2D eigenvalue weighted by molar-refractivity contribution is -0.114. The Kier molecular flexibility index (Phi) is 8.39. The summed E-state index contributed by atoms with van der Waals surface area (Å²) in [7, 11) is -6.19. The van der Waals surface area contributed by atoms with Crippen molar-refractivity contribution in [1.82, 2.24) is 4.31 Å². The summed E-state index contributed by atoms with van der Waals surface area (Å²) in [4.78, 5) is 13.2. The van der Waals surface area contributed by atoms with E-state index in [9.17, 15) is 21.6 Å². The minimum Gasteiger partial charge on any atom is -0.496 e. The fourth-order valence-corrected chi connectivity index (χ4v) is 7.37. The molecule has 11 heteroatoms. The first-order valence-electron chi connectivity index (χ1n) is 12.3. The fraction of sp³-hybridized carbons (Fsp3) is 0.296. The van der Waals surface area contributed by atoms with Gasteiger partial charge in [0.15, 0.2) is 0 Å². The molecule has 0 spiro atoms. The molecule has 0 bridgehead atoms. The minimum atomic E-state index is -4.10. The Morgan fingerprint density at radius 3 is 2.13 bits per heavy atom. The fourth-order valence-electron chi connectivity index (χ4n) is 4.34. The third-order valence-electron chi connectivity index (χ3n) is 6.38. The predicted molar refractivity (Wildman–Crippen MR) is 146 cm³/mol. The number of piperidine rings is 1. The number of methoxy groups -OCH3 is 1. The van der Waals surface area contributed by atoms with E-state index in [1.807, 2.05) is 0 Å². The van der Waals surface area contributed by atoms with Crippen molar-refractivity contribution in [2.45, 2.75) is 36.0 Å². The smallest absolute Gasteiger partial charge is 0.264 e. The van der Waals surface area contributed by atoms with Crippen LogP contribution < -0.4 is 14.4 Å². The molecule has 38 heavy (non-hydrogen) atoms. The standard InChI is InChI=1S/C27H31N3O6S2/c1-21-19-25(15-16-26(21)36-2)38(34,35)30(23-9-5-3-6-10-23)20-27(31)28-22-11-13-24(14-12-22)37(32,33)29-17-7-4-8-18-29/h3,5-6,9-16,19H,4,7-8,17-18,20H2,1-2H3,(H,28,31). The van der Waals surface area contributed by atoms with E-state index >= 15 is 0 Å². The van der Waals surface area contributed by atoms with Gasteiger partial charge in [0, 0.05) is 18.8 Å². The average molecular weight is 558 g/mol. The van der Waals surface area contributed by atoms with Gasteiger partial charge in [0.25, 0.3) is 10.0 Å². The van der Waals surface area contributed by atoms with Crippen LogP contribution in [0.5, 0.6) is 5.75 Å². The van der Waals surface area contributed by atoms with Gasteiger partial charge in [0.1, 0.15) is 12.3 Å². The Hall–Kier alpha value is -3.41. The van der Waals surface area contributed by atoms with Crippen LogP contribution in [0.4, 0.5) is 11.4 Å². The number of nitrogens with zero attached hydrogens (tertiary/aromatic N) is 2. The van der Waals surface area contributed by atoms with Crippen molar-refractivity contribution in [1.29, 1.82) is 0 Å². The van der Waals surface area contributed by atoms with Crippen LogP contribution in [0.15, 0.2) is 82.6 Å². The van der Waals surface area contributed by atoms with Crippen LogP contribution in [-0.2, 0) is 24.8 Å². The summed E-state index contributed by atoms with van der Waals surface area (Å²) in [5, 5.41) is 2.68. The lowest BCUT2D eigenvalue weighted by Gasteiger charge is -2.26. The van der Waals surface area contributed by atoms with Gasteiger partial charge in [0.2, 0.25) is 15.9 Å². The number of para-hydroxylation sites is 1. The molecule has 0 radical (unpaired) electrons. The largest absolute Gasteiger partial charge is 0.496 e. The Morgan fingerprint density at radius 1 is 0.895 bits per heavy atom. The SMILES string of the molecule is COc1ccc(S(=O)(=O)N(CC(=O)Nc2ccc(S(=O)(=O)N3CCCCC3)cc2)c2ccccc2)cc1C. The van der Waals surface area contributed by atoms with Gasteiger partial charge in [-0.1, -0.05) is 24.6 Å². The number of carbonyl (C=O) groups is 1. The molecule has 1 amide bonds. The van der Waals surface area contributed by atoms with Crippen LogP contribution in [0.1, 0.15) is 24.8 Å². The molecule has 0 aliphatic carbocycles. The summed E-state index contributed by atoms with van der Waals surface area (Å²) in [5.41, 5.74) is 1.34. The van der Waals surface area contributed by atoms with Crippen molar-refractivity contribution in [3.63, 3.8) is 0 Å². The number of hydrogen-bond donors (Lipinski definition) is 1. The van der Waals surface area contributed by atoms with Crippen LogP contribution in [-0.4, -0.2) is 53.8 Å². The monoisotopic (exact) mass is 557 g/mol. The van der Waals surface area contributed by atoms with Crippen molar-refractivity contribution >= 4 is 37.3 Å². The second kappa shape index (κ2) is 11.5. The van der Waals surface area contributed by atoms with E-state index in [0.29, 0.717) is 35.8 Å². The number of benzene rings is 3. The molecule has 0 saturated carbocycles. The first-order chi connectivity index (χ1) is 18.1. The molecule has 1 N–H and O–H groups in total. The average Bonchev–Trinajstić information content (AvgIpc) is 2.93. The summed E-state index contributed by atoms with van der Waals surface area (Å²) in [5.74, 6) is -0.0204. The number of sulfonamides is 2. The van der Waals surface area contributed by atoms with E-state index in [1.165, 1.54) is 47.8 Å². The lowest BCUT2D eigenvalue weighted by Crippen LogP contribution is -2.38. The Labute approximate surface area is 224 Å². The number of nitrogens with one attached hydrogen (secondary N) is 1. The van der Waals surface area contributed by atoms with Gasteiger partial charge < -0.3 is 10.1 Å². The Bertz CT molecular complexity index is 1490. The van der Waals surface area contributed by atoms with Crippen molar-refractivity contribution in [3.8, 4) is 5.75 Å². The number of amides is 1. The normalized spacial score (nSPS) is 14.6. The summed E-state index contributed by atoms with van der Waals surface area (Å²) >= 11 is 0. The topological polar surface area (TPSA) is 113 Å². The molecule has 1 aliphatic rings. The zero-order valence-corrected chi connectivity index (χ0v) is 23.0. The third-order valence-corrected chi connectivity index (χ3v) is 10.1. The van der Waals surface area contributed by atoms with E-state index in [4.69, 9.17) is 4.74 Å². The number of anilines is 2. The highest BCUT2D eigenvalue weighted by Crippen LogP contribution is 2.28. The van der Waals surface area contributed by atoms with E-state index in [2.05, 4.69) is 5.32 Å². The van der Waals surface area contributed by atoms with Gasteiger partial charge in [-0.15, -0.1) is 0 Å². The molecule has 4 rings (SSSR count). The zero-order chi connectivity index (χ0) is 27.3. The van der Waals surface area contributed by atoms with Crippen molar-refractivity contribution in [2.24, 2.45) is 0 Å². The van der Waals surface area contributed by atoms with Crippen LogP contribution >= 0.6 is 0 Å². The molecule has 9 nitrogen and oxygen atoms in total. The predicted octanol–water partition coefficient (Wildman–Crippen LogP) is 4.01. The number of aryl methyl sites for hydroxylation is 1. The molecule has 0 atom stereocenters. The minimum absolute atomic E-state index is 0.0275. The van der Waals surface area contributed by atoms with Gasteiger partial charge >= 0.3 is 0 Å². The molecule has 1 fully saturated rings. The maximum Gasteiger partial charge on any atom is 0.264 e. The van der Waals surface area contributed by atoms with Gasteiger partial charge in [-0.25, -0.2) is 16.8 Å². The van der Waals surface area contributed by atoms with E-state index in [0.717, 1.165) is 23.6 Å². The quantitative estimate of drug-likeness (QED) is 0.425. The molecule has 3 aromatic carbocycles. The van der Waals surface area contributed by atoms with Gasteiger partial charge in [-0.05, 0) is 79.9 Å². The molecular weight excluding hydrogens is 526 g/mol. The summed E-state index contributed by atoms with van der Waals surface area (Å²) in [6.45, 7) is 2.26. The van der Waals surface area contributed by atoms with E-state index in [1.54, 1.807) is 43.3 Å². The Balaban J connectivity index is 1.54. The maximum atomic E-state index is 13.6. The Morgan fingerprint density at radius 2 is 1.53 bits per heavy atom. The zero-order valence-electron chi connectivity index (χ0n) is 21.3. The highest BCUT2D eigenvalue weighted by atomic mass is 32.2. The summed E-state index contributed by atoms with van der Waals surface area (Å²) < 4.78 is 60.8. The van der Waals surface area contributed by atoms with Gasteiger partial charge in [-0.3, -0.25) is 9.10 Å². The summed E-state index contributed by atoms with van der Waals surface area (Å²) in [6, 6.07) is 18.8. The highest BCUT2D eigenvalue weighted by molar-refractivity contribution is 7.92. The van der Waals surface area contributed by atoms with Crippen LogP contribution in [0, 0.1) is 6.92 Å². The number of hydrogen-bond acceptors (Lipinski definition) is 6. The van der Waals surface area contributed by atoms with Crippen LogP contribution in [0.3, 0.4) is 0 Å². The molecule has 1 saturated heterocycles. The second-order valence-corrected chi connectivity index (χ2v) is 12.8. The molecule has 1 aliphatic heterocycles. The van der Waals surface area contributed by atoms with Crippen molar-refractivity contribution in [2.75, 3.05) is 36.4 Å². The van der Waals surface area contributed by atoms with E-state index in [-0.39, 0.29) is 9.79 Å². The molecule has 202 valence electrons. The molecule has 0 aromatic heterocycles. The van der Waals surface area contributed by atoms with Crippen LogP contribution in [0.2, 0.25) is 0 Å². The van der Waals surface area contributed by atoms with Crippen molar-refractivity contribution < 1.29 is 26.4 Å². The first-order valence-corrected chi connectivity index (χ1v) is 15.1. The highest BCUT2D eigenvalue weighted by Gasteiger charge is 2.28. The molecule has 1 heterocycles. The first kappa shape index (κ1) is 27.6. The third kappa shape index (κ3) is 6.01. The summed E-state index contributed by atoms with van der Waals surface area (Å²) in [6.07, 6.45) is 2.69. The second-order valence-electron chi connectivity index (χ2n) is 9.02. The lowest BCUT2D eigenvalue weighted by atomic mass is 10.2. The number of carbonyl (C=O) groups excluding carboxylic acids is 1. The number of rotatable bonds is 9. The van der Waals surface area contributed by atoms with E-state index < -0.39 is 32.5 Å². The van der Waals surface area contributed by atoms with Gasteiger partial charge in [-0.2, -0.15) is 4.31 Å². The maximum absolute atomic E-state index is 13.6. The molecule has 3 aromatic rings. The number of ether oxygens (including phenoxy) is 1. The van der Waals surface area contributed by atoms with Gasteiger partial charge in [0.05, 0.1) is 22.6 Å². The van der Waals surface area contributed by atoms with Crippen LogP contribution in [0.25, 0.3) is 0 Å². The molecular formula is C27H31N3O6S2. The van der Waals surface area contributed by atoms with Crippen molar-refractivity contribution in [3.05, 3.63) is 78.4 Å². The molecule has 0 unspecified atom stereocenters.